The molecule has 6 nitrogen and oxygen atoms in total. The van der Waals surface area contributed by atoms with Gasteiger partial charge in [0.05, 0.1) is 5.92 Å². The van der Waals surface area contributed by atoms with Gasteiger partial charge in [-0.1, -0.05) is 13.8 Å². The fourth-order valence-electron chi connectivity index (χ4n) is 2.56. The second-order valence-electron chi connectivity index (χ2n) is 5.50. The van der Waals surface area contributed by atoms with E-state index in [1.807, 2.05) is 13.0 Å². The van der Waals surface area contributed by atoms with Crippen molar-refractivity contribution in [2.45, 2.75) is 39.5 Å². The van der Waals surface area contributed by atoms with E-state index < -0.39 is 0 Å². The smallest absolute Gasteiger partial charge is 0.222 e. The van der Waals surface area contributed by atoms with Crippen LogP contribution in [0.15, 0.2) is 6.07 Å². The molecule has 0 radical (unpaired) electrons. The second-order valence-corrected chi connectivity index (χ2v) is 5.50. The Bertz CT molecular complexity index is 491. The van der Waals surface area contributed by atoms with E-state index in [-0.39, 0.29) is 11.8 Å². The third-order valence-electron chi connectivity index (χ3n) is 3.78. The first-order chi connectivity index (χ1) is 10.1. The van der Waals surface area contributed by atoms with Gasteiger partial charge in [0.1, 0.15) is 17.5 Å². The van der Waals surface area contributed by atoms with Gasteiger partial charge in [0, 0.05) is 32.1 Å². The average Bonchev–Trinajstić information content (AvgIpc) is 2.52. The van der Waals surface area contributed by atoms with Crippen molar-refractivity contribution in [3.05, 3.63) is 11.9 Å². The maximum absolute atomic E-state index is 11.4. The molecule has 6 heteroatoms. The Hall–Kier alpha value is -1.85. The van der Waals surface area contributed by atoms with Crippen molar-refractivity contribution in [1.29, 1.82) is 0 Å². The molecule has 1 fully saturated rings. The number of anilines is 2. The summed E-state index contributed by atoms with van der Waals surface area (Å²) >= 11 is 0. The van der Waals surface area contributed by atoms with Gasteiger partial charge in [-0.25, -0.2) is 9.97 Å². The molecule has 1 aliphatic rings. The summed E-state index contributed by atoms with van der Waals surface area (Å²) in [7, 11) is 0. The molecular weight excluding hydrogens is 266 g/mol. The number of amides is 1. The quantitative estimate of drug-likeness (QED) is 0.831. The Balaban J connectivity index is 2.18. The van der Waals surface area contributed by atoms with Crippen LogP contribution in [-0.2, 0) is 11.2 Å². The summed E-state index contributed by atoms with van der Waals surface area (Å²) in [5, 5.41) is 3.31. The summed E-state index contributed by atoms with van der Waals surface area (Å²) in [6.07, 6.45) is 3.69. The first kappa shape index (κ1) is 15.5. The summed E-state index contributed by atoms with van der Waals surface area (Å²) in [6.45, 7) is 6.63. The van der Waals surface area contributed by atoms with Gasteiger partial charge in [-0.2, -0.15) is 0 Å². The van der Waals surface area contributed by atoms with Crippen molar-refractivity contribution in [2.24, 2.45) is 11.7 Å². The standard InChI is InChI=1S/C15H25N5O/c1-3-7-17-13-9-14(19-12(4-2)18-13)20-8-5-6-11(10-20)15(16)21/h9,11H,3-8,10H2,1-2H3,(H2,16,21)(H,17,18,19). The number of hydrogen-bond donors (Lipinski definition) is 2. The zero-order valence-corrected chi connectivity index (χ0v) is 12.9. The minimum Gasteiger partial charge on any atom is -0.370 e. The van der Waals surface area contributed by atoms with Crippen LogP contribution in [0.1, 0.15) is 38.9 Å². The molecule has 1 aromatic heterocycles. The van der Waals surface area contributed by atoms with Gasteiger partial charge < -0.3 is 16.0 Å². The number of aromatic nitrogens is 2. The number of hydrogen-bond acceptors (Lipinski definition) is 5. The van der Waals surface area contributed by atoms with E-state index in [9.17, 15) is 4.79 Å². The number of carbonyl (C=O) groups is 1. The first-order valence-electron chi connectivity index (χ1n) is 7.80. The third kappa shape index (κ3) is 4.06. The summed E-state index contributed by atoms with van der Waals surface area (Å²) in [4.78, 5) is 22.7. The number of primary amides is 1. The molecule has 1 saturated heterocycles. The maximum Gasteiger partial charge on any atom is 0.222 e. The Labute approximate surface area is 126 Å². The van der Waals surface area contributed by atoms with Crippen LogP contribution in [0.25, 0.3) is 0 Å². The fourth-order valence-corrected chi connectivity index (χ4v) is 2.56. The highest BCUT2D eigenvalue weighted by Gasteiger charge is 2.25. The summed E-state index contributed by atoms with van der Waals surface area (Å²) < 4.78 is 0. The van der Waals surface area contributed by atoms with Crippen molar-refractivity contribution in [3.63, 3.8) is 0 Å². The molecule has 0 aliphatic carbocycles. The number of nitrogens with two attached hydrogens (primary N) is 1. The lowest BCUT2D eigenvalue weighted by molar-refractivity contribution is -0.122. The molecule has 116 valence electrons. The van der Waals surface area contributed by atoms with Crippen LogP contribution in [0.5, 0.6) is 0 Å². The van der Waals surface area contributed by atoms with Crippen LogP contribution in [0.4, 0.5) is 11.6 Å². The van der Waals surface area contributed by atoms with Gasteiger partial charge in [-0.3, -0.25) is 4.79 Å². The van der Waals surface area contributed by atoms with Gasteiger partial charge >= 0.3 is 0 Å². The van der Waals surface area contributed by atoms with Gasteiger partial charge in [0.25, 0.3) is 0 Å². The largest absolute Gasteiger partial charge is 0.370 e. The molecule has 1 aliphatic heterocycles. The predicted molar refractivity (Wildman–Crippen MR) is 84.3 cm³/mol. The van der Waals surface area contributed by atoms with Crippen molar-refractivity contribution in [3.8, 4) is 0 Å². The molecule has 1 atom stereocenters. The molecule has 1 aromatic rings. The van der Waals surface area contributed by atoms with Gasteiger partial charge in [0.2, 0.25) is 5.91 Å². The molecule has 2 rings (SSSR count). The van der Waals surface area contributed by atoms with E-state index in [2.05, 4.69) is 27.1 Å². The van der Waals surface area contributed by atoms with Gasteiger partial charge in [0.15, 0.2) is 0 Å². The number of piperidine rings is 1. The Morgan fingerprint density at radius 3 is 2.95 bits per heavy atom. The topological polar surface area (TPSA) is 84.1 Å². The minimum atomic E-state index is -0.214. The van der Waals surface area contributed by atoms with E-state index in [0.717, 1.165) is 56.2 Å². The Morgan fingerprint density at radius 2 is 2.29 bits per heavy atom. The maximum atomic E-state index is 11.4. The van der Waals surface area contributed by atoms with E-state index in [1.54, 1.807) is 0 Å². The molecule has 1 unspecified atom stereocenters. The van der Waals surface area contributed by atoms with Crippen molar-refractivity contribution in [2.75, 3.05) is 29.9 Å². The van der Waals surface area contributed by atoms with Crippen LogP contribution in [0, 0.1) is 5.92 Å². The van der Waals surface area contributed by atoms with Crippen LogP contribution in [0.3, 0.4) is 0 Å². The fraction of sp³-hybridized carbons (Fsp3) is 0.667. The molecule has 0 bridgehead atoms. The zero-order chi connectivity index (χ0) is 15.2. The molecule has 3 N–H and O–H groups in total. The molecule has 0 saturated carbocycles. The van der Waals surface area contributed by atoms with Crippen LogP contribution >= 0.6 is 0 Å². The van der Waals surface area contributed by atoms with E-state index in [0.29, 0.717) is 6.54 Å². The predicted octanol–water partition coefficient (Wildman–Crippen LogP) is 1.56. The molecule has 1 amide bonds. The van der Waals surface area contributed by atoms with Crippen LogP contribution in [0.2, 0.25) is 0 Å². The molecular formula is C15H25N5O. The highest BCUT2D eigenvalue weighted by molar-refractivity contribution is 5.77. The van der Waals surface area contributed by atoms with Gasteiger partial charge in [-0.15, -0.1) is 0 Å². The number of nitrogens with one attached hydrogen (secondary N) is 1. The molecule has 0 spiro atoms. The zero-order valence-electron chi connectivity index (χ0n) is 12.9. The lowest BCUT2D eigenvalue weighted by Gasteiger charge is -2.32. The minimum absolute atomic E-state index is 0.0779. The summed E-state index contributed by atoms with van der Waals surface area (Å²) in [5.41, 5.74) is 5.45. The summed E-state index contributed by atoms with van der Waals surface area (Å²) in [6, 6.07) is 1.97. The second kappa shape index (κ2) is 7.24. The van der Waals surface area contributed by atoms with Crippen molar-refractivity contribution in [1.82, 2.24) is 9.97 Å². The lowest BCUT2D eigenvalue weighted by Crippen LogP contribution is -2.41. The number of nitrogens with zero attached hydrogens (tertiary/aromatic N) is 3. The normalized spacial score (nSPS) is 18.6. The third-order valence-corrected chi connectivity index (χ3v) is 3.78. The van der Waals surface area contributed by atoms with Crippen LogP contribution < -0.4 is 16.0 Å². The lowest BCUT2D eigenvalue weighted by atomic mass is 9.97. The number of rotatable bonds is 6. The molecule has 0 aromatic carbocycles. The van der Waals surface area contributed by atoms with E-state index >= 15 is 0 Å². The Morgan fingerprint density at radius 1 is 1.48 bits per heavy atom. The monoisotopic (exact) mass is 291 g/mol. The van der Waals surface area contributed by atoms with E-state index in [4.69, 9.17) is 5.73 Å². The van der Waals surface area contributed by atoms with Crippen molar-refractivity contribution < 1.29 is 4.79 Å². The first-order valence-corrected chi connectivity index (χ1v) is 7.80. The number of aryl methyl sites for hydroxylation is 1. The highest BCUT2D eigenvalue weighted by atomic mass is 16.1. The van der Waals surface area contributed by atoms with Crippen LogP contribution in [-0.4, -0.2) is 35.5 Å². The molecule has 2 heterocycles. The summed E-state index contributed by atoms with van der Waals surface area (Å²) in [5.74, 6) is 2.29. The molecule has 21 heavy (non-hydrogen) atoms. The van der Waals surface area contributed by atoms with Gasteiger partial charge in [-0.05, 0) is 19.3 Å². The average molecular weight is 291 g/mol. The number of carbonyl (C=O) groups excluding carboxylic acids is 1. The van der Waals surface area contributed by atoms with E-state index in [1.165, 1.54) is 0 Å². The Kier molecular flexibility index (Phi) is 5.36. The van der Waals surface area contributed by atoms with Crippen molar-refractivity contribution >= 4 is 17.5 Å². The highest BCUT2D eigenvalue weighted by Crippen LogP contribution is 2.23. The SMILES string of the molecule is CCCNc1cc(N2CCCC(C(N)=O)C2)nc(CC)n1.